The van der Waals surface area contributed by atoms with Crippen molar-refractivity contribution in [2.45, 2.75) is 44.6 Å². The summed E-state index contributed by atoms with van der Waals surface area (Å²) in [7, 11) is -3.35. The van der Waals surface area contributed by atoms with Crippen molar-refractivity contribution in [3.8, 4) is 0 Å². The van der Waals surface area contributed by atoms with Crippen LogP contribution in [0.15, 0.2) is 0 Å². The molecule has 2 aliphatic rings. The summed E-state index contributed by atoms with van der Waals surface area (Å²) in [6, 6.07) is -0.602. The Labute approximate surface area is 132 Å². The van der Waals surface area contributed by atoms with Crippen LogP contribution in [0.4, 0.5) is 0 Å². The van der Waals surface area contributed by atoms with E-state index in [2.05, 4.69) is 5.32 Å². The summed E-state index contributed by atoms with van der Waals surface area (Å²) < 4.78 is 24.6. The van der Waals surface area contributed by atoms with E-state index >= 15 is 0 Å². The molecule has 2 aliphatic heterocycles. The van der Waals surface area contributed by atoms with Crippen molar-refractivity contribution >= 4 is 21.8 Å². The van der Waals surface area contributed by atoms with Gasteiger partial charge >= 0.3 is 0 Å². The summed E-state index contributed by atoms with van der Waals surface area (Å²) >= 11 is 0. The van der Waals surface area contributed by atoms with Gasteiger partial charge in [0.25, 0.3) is 0 Å². The van der Waals surface area contributed by atoms with Crippen molar-refractivity contribution in [3.05, 3.63) is 0 Å². The zero-order valence-corrected chi connectivity index (χ0v) is 13.9. The van der Waals surface area contributed by atoms with Crippen molar-refractivity contribution in [1.29, 1.82) is 0 Å². The molecule has 0 aromatic carbocycles. The molecule has 2 heterocycles. The predicted molar refractivity (Wildman–Crippen MR) is 82.6 cm³/mol. The first-order valence-electron chi connectivity index (χ1n) is 7.92. The standard InChI is InChI=1S/C14H25N3O4S/c1-22(20,21)17-10-5-6-12(17)14(19)15-8-11-16-9-4-2-3-7-13(16)18/h12H,2-11H2,1H3,(H,15,19)/t12-/m0/s1. The van der Waals surface area contributed by atoms with Crippen LogP contribution in [-0.4, -0.2) is 67.9 Å². The van der Waals surface area contributed by atoms with E-state index in [0.717, 1.165) is 32.1 Å². The molecule has 2 saturated heterocycles. The van der Waals surface area contributed by atoms with Gasteiger partial charge in [0, 0.05) is 32.6 Å². The number of amides is 2. The third kappa shape index (κ3) is 4.42. The molecule has 1 N–H and O–H groups in total. The summed E-state index contributed by atoms with van der Waals surface area (Å²) in [5, 5.41) is 2.78. The summed E-state index contributed by atoms with van der Waals surface area (Å²) in [6.07, 6.45) is 5.99. The Morgan fingerprint density at radius 1 is 1.23 bits per heavy atom. The molecule has 8 heteroatoms. The van der Waals surface area contributed by atoms with Crippen LogP contribution < -0.4 is 5.32 Å². The van der Waals surface area contributed by atoms with Crippen molar-refractivity contribution in [3.63, 3.8) is 0 Å². The van der Waals surface area contributed by atoms with Crippen LogP contribution in [0.25, 0.3) is 0 Å². The first-order chi connectivity index (χ1) is 10.4. The number of nitrogens with one attached hydrogen (secondary N) is 1. The largest absolute Gasteiger partial charge is 0.353 e. The molecule has 126 valence electrons. The predicted octanol–water partition coefficient (Wildman–Crippen LogP) is -0.0708. The smallest absolute Gasteiger partial charge is 0.238 e. The summed E-state index contributed by atoms with van der Waals surface area (Å²) in [5.74, 6) is -0.115. The first kappa shape index (κ1) is 17.2. The van der Waals surface area contributed by atoms with Gasteiger partial charge in [0.05, 0.1) is 6.26 Å². The number of likely N-dealkylation sites (tertiary alicyclic amines) is 1. The van der Waals surface area contributed by atoms with Gasteiger partial charge in [-0.1, -0.05) is 6.42 Å². The lowest BCUT2D eigenvalue weighted by atomic mass is 10.2. The van der Waals surface area contributed by atoms with Crippen LogP contribution in [0.1, 0.15) is 38.5 Å². The van der Waals surface area contributed by atoms with Crippen molar-refractivity contribution in [2.24, 2.45) is 0 Å². The molecular weight excluding hydrogens is 306 g/mol. The minimum atomic E-state index is -3.35. The van der Waals surface area contributed by atoms with Crippen LogP contribution in [0, 0.1) is 0 Å². The monoisotopic (exact) mass is 331 g/mol. The second-order valence-electron chi connectivity index (χ2n) is 6.01. The third-order valence-corrected chi connectivity index (χ3v) is 5.57. The molecule has 0 aromatic rings. The van der Waals surface area contributed by atoms with Gasteiger partial charge in [0.2, 0.25) is 21.8 Å². The number of rotatable bonds is 5. The van der Waals surface area contributed by atoms with Gasteiger partial charge in [-0.3, -0.25) is 9.59 Å². The Bertz CT molecular complexity index is 520. The zero-order valence-electron chi connectivity index (χ0n) is 13.1. The van der Waals surface area contributed by atoms with Gasteiger partial charge in [-0.05, 0) is 25.7 Å². The van der Waals surface area contributed by atoms with Gasteiger partial charge in [-0.25, -0.2) is 8.42 Å². The fourth-order valence-electron chi connectivity index (χ4n) is 3.11. The molecule has 0 spiro atoms. The molecular formula is C14H25N3O4S. The maximum Gasteiger partial charge on any atom is 0.238 e. The second-order valence-corrected chi connectivity index (χ2v) is 7.95. The molecule has 0 bridgehead atoms. The number of carbonyl (C=O) groups excluding carboxylic acids is 2. The number of hydrogen-bond acceptors (Lipinski definition) is 4. The van der Waals surface area contributed by atoms with E-state index < -0.39 is 16.1 Å². The highest BCUT2D eigenvalue weighted by Gasteiger charge is 2.36. The number of hydrogen-bond donors (Lipinski definition) is 1. The van der Waals surface area contributed by atoms with Crippen LogP contribution in [0.3, 0.4) is 0 Å². The van der Waals surface area contributed by atoms with E-state index in [0.29, 0.717) is 38.9 Å². The van der Waals surface area contributed by atoms with Crippen molar-refractivity contribution in [1.82, 2.24) is 14.5 Å². The molecule has 0 saturated carbocycles. The Kier molecular flexibility index (Phi) is 5.80. The average molecular weight is 331 g/mol. The van der Waals surface area contributed by atoms with E-state index in [9.17, 15) is 18.0 Å². The minimum Gasteiger partial charge on any atom is -0.353 e. The van der Waals surface area contributed by atoms with Crippen molar-refractivity contribution in [2.75, 3.05) is 32.4 Å². The minimum absolute atomic E-state index is 0.144. The second kappa shape index (κ2) is 7.41. The zero-order chi connectivity index (χ0) is 16.2. The van der Waals surface area contributed by atoms with Crippen LogP contribution in [0.5, 0.6) is 0 Å². The van der Waals surface area contributed by atoms with E-state index in [1.165, 1.54) is 4.31 Å². The van der Waals surface area contributed by atoms with Gasteiger partial charge in [0.15, 0.2) is 0 Å². The van der Waals surface area contributed by atoms with E-state index in [1.54, 1.807) is 4.90 Å². The van der Waals surface area contributed by atoms with E-state index in [-0.39, 0.29) is 11.8 Å². The molecule has 2 fully saturated rings. The maximum absolute atomic E-state index is 12.2. The summed E-state index contributed by atoms with van der Waals surface area (Å²) in [6.45, 7) is 2.02. The maximum atomic E-state index is 12.2. The normalized spacial score (nSPS) is 24.3. The van der Waals surface area contributed by atoms with Gasteiger partial charge in [-0.15, -0.1) is 0 Å². The SMILES string of the molecule is CS(=O)(=O)N1CCC[C@H]1C(=O)NCCN1CCCCCC1=O. The van der Waals surface area contributed by atoms with Gasteiger partial charge in [0.1, 0.15) is 6.04 Å². The summed E-state index contributed by atoms with van der Waals surface area (Å²) in [4.78, 5) is 25.8. The highest BCUT2D eigenvalue weighted by molar-refractivity contribution is 7.88. The van der Waals surface area contributed by atoms with E-state index in [1.807, 2.05) is 0 Å². The molecule has 2 amide bonds. The number of carbonyl (C=O) groups is 2. The van der Waals surface area contributed by atoms with E-state index in [4.69, 9.17) is 0 Å². The van der Waals surface area contributed by atoms with Crippen LogP contribution >= 0.6 is 0 Å². The fraction of sp³-hybridized carbons (Fsp3) is 0.857. The topological polar surface area (TPSA) is 86.8 Å². The number of nitrogens with zero attached hydrogens (tertiary/aromatic N) is 2. The molecule has 2 rings (SSSR count). The molecule has 7 nitrogen and oxygen atoms in total. The average Bonchev–Trinajstić information content (AvgIpc) is 2.86. The highest BCUT2D eigenvalue weighted by atomic mass is 32.2. The molecule has 22 heavy (non-hydrogen) atoms. The first-order valence-corrected chi connectivity index (χ1v) is 9.77. The molecule has 0 unspecified atom stereocenters. The lowest BCUT2D eigenvalue weighted by molar-refractivity contribution is -0.131. The lowest BCUT2D eigenvalue weighted by Gasteiger charge is -2.23. The Hall–Kier alpha value is -1.15. The van der Waals surface area contributed by atoms with Crippen LogP contribution in [0.2, 0.25) is 0 Å². The van der Waals surface area contributed by atoms with Gasteiger partial charge in [-0.2, -0.15) is 4.31 Å². The molecule has 0 radical (unpaired) electrons. The fourth-order valence-corrected chi connectivity index (χ4v) is 4.23. The molecule has 1 atom stereocenters. The molecule has 0 aromatic heterocycles. The van der Waals surface area contributed by atoms with Crippen LogP contribution in [-0.2, 0) is 19.6 Å². The van der Waals surface area contributed by atoms with Gasteiger partial charge < -0.3 is 10.2 Å². The Balaban J connectivity index is 1.81. The Morgan fingerprint density at radius 3 is 2.73 bits per heavy atom. The molecule has 0 aliphatic carbocycles. The summed E-state index contributed by atoms with van der Waals surface area (Å²) in [5.41, 5.74) is 0. The Morgan fingerprint density at radius 2 is 2.00 bits per heavy atom. The highest BCUT2D eigenvalue weighted by Crippen LogP contribution is 2.20. The van der Waals surface area contributed by atoms with Crippen molar-refractivity contribution < 1.29 is 18.0 Å². The lowest BCUT2D eigenvalue weighted by Crippen LogP contribution is -2.47. The number of sulfonamides is 1. The third-order valence-electron chi connectivity index (χ3n) is 4.28. The quantitative estimate of drug-likeness (QED) is 0.764.